The third kappa shape index (κ3) is 4.77. The molecule has 0 fully saturated rings. The zero-order valence-corrected chi connectivity index (χ0v) is 11.8. The van der Waals surface area contributed by atoms with Crippen LogP contribution in [0.1, 0.15) is 10.4 Å². The van der Waals surface area contributed by atoms with E-state index in [1.54, 1.807) is 0 Å². The van der Waals surface area contributed by atoms with Gasteiger partial charge in [0.1, 0.15) is 11.3 Å². The van der Waals surface area contributed by atoms with E-state index in [0.717, 1.165) is 6.54 Å². The number of methoxy groups -OCH3 is 1. The minimum atomic E-state index is -1.08. The Kier molecular flexibility index (Phi) is 5.79. The number of hydrogen-bond donors (Lipinski definition) is 3. The molecule has 3 N–H and O–H groups in total. The third-order valence-corrected chi connectivity index (χ3v) is 2.53. The summed E-state index contributed by atoms with van der Waals surface area (Å²) < 4.78 is 4.98. The van der Waals surface area contributed by atoms with Crippen LogP contribution in [-0.2, 0) is 0 Å². The molecule has 0 aliphatic rings. The van der Waals surface area contributed by atoms with Crippen LogP contribution >= 0.6 is 0 Å². The number of aromatic carboxylic acids is 1. The van der Waals surface area contributed by atoms with Gasteiger partial charge in [0.05, 0.1) is 7.11 Å². The Balaban J connectivity index is 2.64. The van der Waals surface area contributed by atoms with Gasteiger partial charge in [0.2, 0.25) is 0 Å². The van der Waals surface area contributed by atoms with Crippen molar-refractivity contribution in [1.82, 2.24) is 10.2 Å². The number of nitrogens with zero attached hydrogens (tertiary/aromatic N) is 1. The summed E-state index contributed by atoms with van der Waals surface area (Å²) in [5.74, 6) is -0.882. The van der Waals surface area contributed by atoms with Gasteiger partial charge < -0.3 is 25.4 Å². The first-order valence-corrected chi connectivity index (χ1v) is 6.05. The monoisotopic (exact) mass is 281 g/mol. The Morgan fingerprint density at radius 3 is 2.60 bits per heavy atom. The van der Waals surface area contributed by atoms with Gasteiger partial charge in [-0.25, -0.2) is 9.59 Å². The zero-order chi connectivity index (χ0) is 15.1. The lowest BCUT2D eigenvalue weighted by atomic mass is 10.2. The number of likely N-dealkylation sites (N-methyl/N-ethyl adjacent to an activating group) is 1. The number of carbonyl (C=O) groups is 2. The van der Waals surface area contributed by atoms with Crippen molar-refractivity contribution in [3.05, 3.63) is 23.8 Å². The standard InChI is InChI=1S/C13H19N3O4/c1-16(2)7-6-14-13(19)15-9-4-5-10(12(17)18)11(8-9)20-3/h4-5,8H,6-7H2,1-3H3,(H,17,18)(H2,14,15,19). The largest absolute Gasteiger partial charge is 0.496 e. The molecule has 0 atom stereocenters. The molecule has 20 heavy (non-hydrogen) atoms. The molecule has 0 unspecified atom stereocenters. The third-order valence-electron chi connectivity index (χ3n) is 2.53. The molecule has 2 amide bonds. The topological polar surface area (TPSA) is 90.9 Å². The summed E-state index contributed by atoms with van der Waals surface area (Å²) in [6.45, 7) is 1.25. The number of nitrogens with one attached hydrogen (secondary N) is 2. The van der Waals surface area contributed by atoms with E-state index < -0.39 is 5.97 Å². The average Bonchev–Trinajstić information content (AvgIpc) is 2.37. The van der Waals surface area contributed by atoms with Gasteiger partial charge in [-0.2, -0.15) is 0 Å². The number of carbonyl (C=O) groups excluding carboxylic acids is 1. The van der Waals surface area contributed by atoms with Crippen LogP contribution in [0, 0.1) is 0 Å². The smallest absolute Gasteiger partial charge is 0.339 e. The highest BCUT2D eigenvalue weighted by Crippen LogP contribution is 2.23. The fourth-order valence-corrected chi connectivity index (χ4v) is 1.51. The summed E-state index contributed by atoms with van der Waals surface area (Å²) >= 11 is 0. The van der Waals surface area contributed by atoms with E-state index in [9.17, 15) is 9.59 Å². The van der Waals surface area contributed by atoms with Gasteiger partial charge >= 0.3 is 12.0 Å². The van der Waals surface area contributed by atoms with E-state index in [1.807, 2.05) is 19.0 Å². The molecule has 0 spiro atoms. The molecule has 0 heterocycles. The van der Waals surface area contributed by atoms with Crippen LogP contribution in [0.3, 0.4) is 0 Å². The zero-order valence-electron chi connectivity index (χ0n) is 11.8. The second kappa shape index (κ2) is 7.34. The van der Waals surface area contributed by atoms with Gasteiger partial charge in [-0.1, -0.05) is 0 Å². The normalized spacial score (nSPS) is 10.2. The maximum Gasteiger partial charge on any atom is 0.339 e. The lowest BCUT2D eigenvalue weighted by Crippen LogP contribution is -2.34. The van der Waals surface area contributed by atoms with Gasteiger partial charge in [-0.3, -0.25) is 0 Å². The molecular formula is C13H19N3O4. The number of carboxylic acid groups (broad SMARTS) is 1. The Hall–Kier alpha value is -2.28. The fraction of sp³-hybridized carbons (Fsp3) is 0.385. The number of hydrogen-bond acceptors (Lipinski definition) is 4. The van der Waals surface area contributed by atoms with Crippen molar-refractivity contribution in [2.45, 2.75) is 0 Å². The summed E-state index contributed by atoms with van der Waals surface area (Å²) in [7, 11) is 5.20. The Labute approximate surface area is 117 Å². The van der Waals surface area contributed by atoms with Gasteiger partial charge in [-0.15, -0.1) is 0 Å². The molecule has 0 bridgehead atoms. The van der Waals surface area contributed by atoms with Crippen LogP contribution in [0.25, 0.3) is 0 Å². The van der Waals surface area contributed by atoms with E-state index in [2.05, 4.69) is 10.6 Å². The highest BCUT2D eigenvalue weighted by Gasteiger charge is 2.12. The van der Waals surface area contributed by atoms with Gasteiger partial charge in [0.15, 0.2) is 0 Å². The Bertz CT molecular complexity index is 489. The lowest BCUT2D eigenvalue weighted by Gasteiger charge is -2.12. The number of benzene rings is 1. The number of urea groups is 1. The van der Waals surface area contributed by atoms with Crippen LogP contribution in [0.5, 0.6) is 5.75 Å². The van der Waals surface area contributed by atoms with Crippen molar-refractivity contribution >= 4 is 17.7 Å². The first-order valence-electron chi connectivity index (χ1n) is 6.05. The summed E-state index contributed by atoms with van der Waals surface area (Å²) in [5.41, 5.74) is 0.514. The Morgan fingerprint density at radius 2 is 2.05 bits per heavy atom. The number of amides is 2. The summed E-state index contributed by atoms with van der Waals surface area (Å²) in [6.07, 6.45) is 0. The molecule has 7 nitrogen and oxygen atoms in total. The summed E-state index contributed by atoms with van der Waals surface area (Å²) in [5, 5.41) is 14.3. The van der Waals surface area contributed by atoms with Gasteiger partial charge in [-0.05, 0) is 26.2 Å². The van der Waals surface area contributed by atoms with E-state index in [-0.39, 0.29) is 17.3 Å². The van der Waals surface area contributed by atoms with Crippen molar-refractivity contribution in [3.8, 4) is 5.75 Å². The molecule has 1 rings (SSSR count). The molecule has 0 aliphatic carbocycles. The van der Waals surface area contributed by atoms with Crippen LogP contribution < -0.4 is 15.4 Å². The predicted molar refractivity (Wildman–Crippen MR) is 75.5 cm³/mol. The minimum Gasteiger partial charge on any atom is -0.496 e. The lowest BCUT2D eigenvalue weighted by molar-refractivity contribution is 0.0693. The van der Waals surface area contributed by atoms with Gasteiger partial charge in [0.25, 0.3) is 0 Å². The molecule has 0 saturated carbocycles. The number of carboxylic acids is 1. The molecular weight excluding hydrogens is 262 g/mol. The fourth-order valence-electron chi connectivity index (χ4n) is 1.51. The predicted octanol–water partition coefficient (Wildman–Crippen LogP) is 1.08. The summed E-state index contributed by atoms with van der Waals surface area (Å²) in [4.78, 5) is 24.5. The van der Waals surface area contributed by atoms with Crippen molar-refractivity contribution in [3.63, 3.8) is 0 Å². The quantitative estimate of drug-likeness (QED) is 0.725. The number of ether oxygens (including phenoxy) is 1. The van der Waals surface area contributed by atoms with E-state index in [4.69, 9.17) is 9.84 Å². The SMILES string of the molecule is COc1cc(NC(=O)NCCN(C)C)ccc1C(=O)O. The van der Waals surface area contributed by atoms with Crippen LogP contribution in [0.15, 0.2) is 18.2 Å². The molecule has 0 aromatic heterocycles. The van der Waals surface area contributed by atoms with Crippen molar-refractivity contribution < 1.29 is 19.4 Å². The molecule has 110 valence electrons. The molecule has 1 aromatic rings. The first-order chi connectivity index (χ1) is 9.43. The minimum absolute atomic E-state index is 0.0473. The number of rotatable bonds is 6. The van der Waals surface area contributed by atoms with Crippen molar-refractivity contribution in [1.29, 1.82) is 0 Å². The van der Waals surface area contributed by atoms with E-state index in [1.165, 1.54) is 25.3 Å². The molecule has 1 aromatic carbocycles. The van der Waals surface area contributed by atoms with Crippen LogP contribution in [-0.4, -0.2) is 56.3 Å². The number of anilines is 1. The second-order valence-corrected chi connectivity index (χ2v) is 4.40. The van der Waals surface area contributed by atoms with Crippen molar-refractivity contribution in [2.24, 2.45) is 0 Å². The highest BCUT2D eigenvalue weighted by atomic mass is 16.5. The molecule has 0 radical (unpaired) electrons. The van der Waals surface area contributed by atoms with Crippen molar-refractivity contribution in [2.75, 3.05) is 39.6 Å². The summed E-state index contributed by atoms with van der Waals surface area (Å²) in [6, 6.07) is 4.01. The van der Waals surface area contributed by atoms with Crippen LogP contribution in [0.4, 0.5) is 10.5 Å². The first kappa shape index (κ1) is 15.8. The molecule has 0 saturated heterocycles. The Morgan fingerprint density at radius 1 is 1.35 bits per heavy atom. The second-order valence-electron chi connectivity index (χ2n) is 4.40. The molecule has 7 heteroatoms. The maximum absolute atomic E-state index is 11.6. The average molecular weight is 281 g/mol. The molecule has 0 aliphatic heterocycles. The van der Waals surface area contributed by atoms with E-state index >= 15 is 0 Å². The van der Waals surface area contributed by atoms with Crippen LogP contribution in [0.2, 0.25) is 0 Å². The maximum atomic E-state index is 11.6. The van der Waals surface area contributed by atoms with E-state index in [0.29, 0.717) is 12.2 Å². The van der Waals surface area contributed by atoms with Gasteiger partial charge in [0, 0.05) is 24.8 Å². The highest BCUT2D eigenvalue weighted by molar-refractivity contribution is 5.94.